The van der Waals surface area contributed by atoms with Crippen LogP contribution in [-0.4, -0.2) is 24.9 Å². The molecule has 5 heteroatoms. The van der Waals surface area contributed by atoms with Crippen molar-refractivity contribution in [3.8, 4) is 89.7 Å². The number of hydrogen-bond donors (Lipinski definition) is 0. The van der Waals surface area contributed by atoms with E-state index in [1.807, 2.05) is 49.1 Å². The molecule has 0 atom stereocenters. The first-order valence-corrected chi connectivity index (χ1v) is 23.4. The van der Waals surface area contributed by atoms with E-state index >= 15 is 0 Å². The van der Waals surface area contributed by atoms with E-state index in [-0.39, 0.29) is 0 Å². The average Bonchev–Trinajstić information content (AvgIpc) is 3.91. The van der Waals surface area contributed by atoms with E-state index in [2.05, 4.69) is 198 Å². The second-order valence-electron chi connectivity index (χ2n) is 17.9. The summed E-state index contributed by atoms with van der Waals surface area (Å²) in [6.07, 6.45) is 7.30. The van der Waals surface area contributed by atoms with E-state index in [0.29, 0.717) is 5.82 Å². The largest absolute Gasteiger partial charge is 0.265 e. The maximum absolute atomic E-state index is 5.45. The summed E-state index contributed by atoms with van der Waals surface area (Å²) >= 11 is 0. The van der Waals surface area contributed by atoms with Gasteiger partial charge in [-0.15, -0.1) is 0 Å². The molecule has 0 aliphatic heterocycles. The highest BCUT2D eigenvalue weighted by Crippen LogP contribution is 2.64. The fraction of sp³-hybridized carbons (Fsp3) is 0.0156. The number of aromatic nitrogens is 5. The minimum absolute atomic E-state index is 0.434. The Balaban J connectivity index is 0.914. The summed E-state index contributed by atoms with van der Waals surface area (Å²) in [6.45, 7) is 0. The Bertz CT molecular complexity index is 3830. The first kappa shape index (κ1) is 39.0. The molecule has 0 fully saturated rings. The lowest BCUT2D eigenvalue weighted by Crippen LogP contribution is -2.25. The van der Waals surface area contributed by atoms with Gasteiger partial charge in [-0.1, -0.05) is 176 Å². The Morgan fingerprint density at radius 1 is 0.304 bits per heavy atom. The van der Waals surface area contributed by atoms with Crippen LogP contribution in [0.5, 0.6) is 0 Å². The molecule has 4 heterocycles. The average molecular weight is 878 g/mol. The molecular weight excluding hydrogens is 839 g/mol. The fourth-order valence-electron chi connectivity index (χ4n) is 11.2. The molecule has 0 saturated carbocycles. The highest BCUT2D eigenvalue weighted by atomic mass is 14.9. The van der Waals surface area contributed by atoms with Crippen LogP contribution in [-0.2, 0) is 5.41 Å². The van der Waals surface area contributed by atoms with Crippen molar-refractivity contribution in [2.45, 2.75) is 5.41 Å². The smallest absolute Gasteiger partial charge is 0.160 e. The number of rotatable bonds is 6. The molecule has 2 aliphatic rings. The first-order chi connectivity index (χ1) is 34.2. The third-order valence-electron chi connectivity index (χ3n) is 14.4. The van der Waals surface area contributed by atoms with E-state index in [1.165, 1.54) is 49.9 Å². The topological polar surface area (TPSA) is 64.5 Å². The Hall–Kier alpha value is -9.19. The number of para-hydroxylation sites is 1. The van der Waals surface area contributed by atoms with Gasteiger partial charge in [0.25, 0.3) is 0 Å². The third kappa shape index (κ3) is 6.00. The van der Waals surface area contributed by atoms with Crippen molar-refractivity contribution >= 4 is 21.7 Å². The molecule has 0 bridgehead atoms. The lowest BCUT2D eigenvalue weighted by atomic mass is 9.70. The maximum Gasteiger partial charge on any atom is 0.160 e. The molecular formula is C64H39N5. The minimum atomic E-state index is -0.434. The van der Waals surface area contributed by atoms with Gasteiger partial charge < -0.3 is 0 Å². The molecule has 1 spiro atoms. The molecule has 2 aliphatic carbocycles. The number of hydrogen-bond acceptors (Lipinski definition) is 5. The van der Waals surface area contributed by atoms with Crippen molar-refractivity contribution in [1.82, 2.24) is 24.9 Å². The molecule has 0 saturated heterocycles. The van der Waals surface area contributed by atoms with Crippen molar-refractivity contribution in [3.05, 3.63) is 259 Å². The Kier molecular flexibility index (Phi) is 8.73. The van der Waals surface area contributed by atoms with Gasteiger partial charge in [0.1, 0.15) is 0 Å². The van der Waals surface area contributed by atoms with E-state index in [0.717, 1.165) is 77.9 Å². The SMILES string of the molecule is c1ccc2c(c1)-c1ccccc1C21c2ccccc2-c2c1ccc1c(-c3ccc(-c4nc(-c5ccc(-c6ccncc6)cc5)cc(-c5ccc(-c6ccncc6)cc5)n4)cc3)nc3ccccc3c21. The predicted molar refractivity (Wildman–Crippen MR) is 279 cm³/mol. The summed E-state index contributed by atoms with van der Waals surface area (Å²) in [4.78, 5) is 24.3. The molecule has 0 amide bonds. The maximum atomic E-state index is 5.45. The van der Waals surface area contributed by atoms with E-state index in [4.69, 9.17) is 15.0 Å². The van der Waals surface area contributed by atoms with Crippen molar-refractivity contribution in [2.75, 3.05) is 0 Å². The number of pyridine rings is 3. The van der Waals surface area contributed by atoms with Crippen molar-refractivity contribution < 1.29 is 0 Å². The van der Waals surface area contributed by atoms with Gasteiger partial charge in [-0.2, -0.15) is 0 Å². The molecule has 0 unspecified atom stereocenters. The summed E-state index contributed by atoms with van der Waals surface area (Å²) in [5.41, 5.74) is 22.1. The van der Waals surface area contributed by atoms with E-state index < -0.39 is 5.41 Å². The summed E-state index contributed by atoms with van der Waals surface area (Å²) in [7, 11) is 0. The standard InChI is InChI=1S/C64H39N5/c1-5-13-53-48(9-1)49-10-2-6-14-54(49)64(53)55-15-7-3-11-50(55)61-56(64)30-29-52-60(61)51-12-4-8-16-57(51)67-62(52)46-25-27-47(28-26-46)63-68-58(44-21-17-40(18-22-44)42-31-35-65-36-32-42)39-59(69-63)45-23-19-41(20-24-45)43-33-37-66-38-34-43/h1-39H. The van der Waals surface area contributed by atoms with Crippen molar-refractivity contribution in [2.24, 2.45) is 0 Å². The summed E-state index contributed by atoms with van der Waals surface area (Å²) < 4.78 is 0. The zero-order valence-corrected chi connectivity index (χ0v) is 37.3. The minimum Gasteiger partial charge on any atom is -0.265 e. The molecule has 14 rings (SSSR count). The Morgan fingerprint density at radius 3 is 1.33 bits per heavy atom. The molecule has 5 nitrogen and oxygen atoms in total. The van der Waals surface area contributed by atoms with Gasteiger partial charge in [-0.25, -0.2) is 15.0 Å². The summed E-state index contributed by atoms with van der Waals surface area (Å²) in [5, 5.41) is 3.50. The number of benzene rings is 8. The number of fused-ring (bicyclic) bond motifs is 14. The summed E-state index contributed by atoms with van der Waals surface area (Å²) in [5.74, 6) is 0.652. The molecule has 12 aromatic rings. The zero-order chi connectivity index (χ0) is 45.5. The fourth-order valence-corrected chi connectivity index (χ4v) is 11.2. The van der Waals surface area contributed by atoms with E-state index in [9.17, 15) is 0 Å². The third-order valence-corrected chi connectivity index (χ3v) is 14.4. The monoisotopic (exact) mass is 877 g/mol. The van der Waals surface area contributed by atoms with Crippen LogP contribution in [0.1, 0.15) is 22.3 Å². The molecule has 320 valence electrons. The van der Waals surface area contributed by atoms with Crippen LogP contribution >= 0.6 is 0 Å². The molecule has 4 aromatic heterocycles. The first-order valence-electron chi connectivity index (χ1n) is 23.4. The van der Waals surface area contributed by atoms with Gasteiger partial charge in [0.2, 0.25) is 0 Å². The van der Waals surface area contributed by atoms with Crippen LogP contribution in [0, 0.1) is 0 Å². The number of nitrogens with zero attached hydrogens (tertiary/aromatic N) is 5. The van der Waals surface area contributed by atoms with Gasteiger partial charge in [0.15, 0.2) is 5.82 Å². The highest BCUT2D eigenvalue weighted by Gasteiger charge is 2.52. The van der Waals surface area contributed by atoms with Gasteiger partial charge in [0, 0.05) is 63.2 Å². The van der Waals surface area contributed by atoms with Gasteiger partial charge in [-0.3, -0.25) is 9.97 Å². The quantitative estimate of drug-likeness (QED) is 0.156. The van der Waals surface area contributed by atoms with Crippen LogP contribution in [0.15, 0.2) is 237 Å². The lowest BCUT2D eigenvalue weighted by Gasteiger charge is -2.30. The van der Waals surface area contributed by atoms with Crippen molar-refractivity contribution in [1.29, 1.82) is 0 Å². The second kappa shape index (κ2) is 15.4. The van der Waals surface area contributed by atoms with E-state index in [1.54, 1.807) is 0 Å². The summed E-state index contributed by atoms with van der Waals surface area (Å²) in [6, 6.07) is 76.4. The predicted octanol–water partition coefficient (Wildman–Crippen LogP) is 15.3. The Labute approximate surface area is 399 Å². The normalized spacial score (nSPS) is 12.8. The molecule has 69 heavy (non-hydrogen) atoms. The lowest BCUT2D eigenvalue weighted by molar-refractivity contribution is 0.794. The van der Waals surface area contributed by atoms with Crippen LogP contribution < -0.4 is 0 Å². The van der Waals surface area contributed by atoms with Crippen LogP contribution in [0.25, 0.3) is 111 Å². The van der Waals surface area contributed by atoms with Gasteiger partial charge >= 0.3 is 0 Å². The van der Waals surface area contributed by atoms with Crippen molar-refractivity contribution in [3.63, 3.8) is 0 Å². The zero-order valence-electron chi connectivity index (χ0n) is 37.3. The van der Waals surface area contributed by atoms with Gasteiger partial charge in [-0.05, 0) is 103 Å². The van der Waals surface area contributed by atoms with Crippen LogP contribution in [0.4, 0.5) is 0 Å². The van der Waals surface area contributed by atoms with Crippen LogP contribution in [0.2, 0.25) is 0 Å². The Morgan fingerprint density at radius 2 is 0.754 bits per heavy atom. The molecule has 0 radical (unpaired) electrons. The molecule has 8 aromatic carbocycles. The second-order valence-corrected chi connectivity index (χ2v) is 17.9. The highest BCUT2D eigenvalue weighted by molar-refractivity contribution is 6.20. The van der Waals surface area contributed by atoms with Gasteiger partial charge in [0.05, 0.1) is 28.0 Å². The van der Waals surface area contributed by atoms with Crippen LogP contribution in [0.3, 0.4) is 0 Å². The molecule has 0 N–H and O–H groups in total.